The molecule has 1 N–H and O–H groups in total. The van der Waals surface area contributed by atoms with Crippen LogP contribution in [0.25, 0.3) is 0 Å². The van der Waals surface area contributed by atoms with Crippen LogP contribution in [0.2, 0.25) is 0 Å². The first-order valence-corrected chi connectivity index (χ1v) is 8.73. The molecule has 0 radical (unpaired) electrons. The standard InChI is InChI=1S/C19H20F3N3O3/c1-11(26)24-18(19(20,21)22)15-13(8-17(2,3)9-14(15)27)25(16(18)28)10-12-6-4-5-7-23-12/h4-7H,8-10H2,1-3H3,(H,24,26)/t18-/m1/s1. The Kier molecular flexibility index (Phi) is 4.60. The molecule has 1 aromatic rings. The monoisotopic (exact) mass is 395 g/mol. The molecule has 0 bridgehead atoms. The predicted molar refractivity (Wildman–Crippen MR) is 92.4 cm³/mol. The van der Waals surface area contributed by atoms with Crippen LogP contribution in [0.4, 0.5) is 13.2 Å². The first-order valence-electron chi connectivity index (χ1n) is 8.73. The van der Waals surface area contributed by atoms with Crippen molar-refractivity contribution in [1.29, 1.82) is 0 Å². The Hall–Kier alpha value is -2.71. The van der Waals surface area contributed by atoms with Crippen molar-refractivity contribution in [2.75, 3.05) is 0 Å². The van der Waals surface area contributed by atoms with Crippen molar-refractivity contribution >= 4 is 17.6 Å². The largest absolute Gasteiger partial charge is 0.425 e. The number of hydrogen-bond acceptors (Lipinski definition) is 4. The summed E-state index contributed by atoms with van der Waals surface area (Å²) >= 11 is 0. The van der Waals surface area contributed by atoms with E-state index in [4.69, 9.17) is 0 Å². The molecule has 0 unspecified atom stereocenters. The summed E-state index contributed by atoms with van der Waals surface area (Å²) in [6.07, 6.45) is -3.75. The molecule has 9 heteroatoms. The number of allylic oxidation sites excluding steroid dienone is 1. The van der Waals surface area contributed by atoms with E-state index in [1.807, 2.05) is 0 Å². The van der Waals surface area contributed by atoms with Gasteiger partial charge in [0.25, 0.3) is 5.91 Å². The Balaban J connectivity index is 2.22. The number of nitrogens with one attached hydrogen (secondary N) is 1. The zero-order valence-corrected chi connectivity index (χ0v) is 15.7. The molecule has 3 rings (SSSR count). The van der Waals surface area contributed by atoms with Crippen molar-refractivity contribution in [2.24, 2.45) is 5.41 Å². The van der Waals surface area contributed by atoms with Crippen molar-refractivity contribution < 1.29 is 27.6 Å². The molecule has 0 fully saturated rings. The molecule has 1 aromatic heterocycles. The van der Waals surface area contributed by atoms with Gasteiger partial charge in [-0.05, 0) is 24.0 Å². The number of hydrogen-bond donors (Lipinski definition) is 1. The maximum absolute atomic E-state index is 14.2. The van der Waals surface area contributed by atoms with E-state index in [0.29, 0.717) is 5.69 Å². The Morgan fingerprint density at radius 2 is 1.93 bits per heavy atom. The summed E-state index contributed by atoms with van der Waals surface area (Å²) in [5.41, 5.74) is -4.27. The molecule has 1 aliphatic heterocycles. The average molecular weight is 395 g/mol. The number of halogens is 3. The molecular formula is C19H20F3N3O3. The molecule has 0 saturated carbocycles. The summed E-state index contributed by atoms with van der Waals surface area (Å²) in [6, 6.07) is 4.87. The Morgan fingerprint density at radius 3 is 2.46 bits per heavy atom. The van der Waals surface area contributed by atoms with Crippen LogP contribution >= 0.6 is 0 Å². The summed E-state index contributed by atoms with van der Waals surface area (Å²) < 4.78 is 42.6. The number of ketones is 1. The third kappa shape index (κ3) is 3.08. The molecule has 0 saturated heterocycles. The van der Waals surface area contributed by atoms with E-state index in [-0.39, 0.29) is 25.1 Å². The molecule has 2 amide bonds. The second-order valence-electron chi connectivity index (χ2n) is 7.90. The fourth-order valence-corrected chi connectivity index (χ4v) is 3.91. The quantitative estimate of drug-likeness (QED) is 0.853. The number of rotatable bonds is 3. The van der Waals surface area contributed by atoms with Crippen LogP contribution in [0.3, 0.4) is 0 Å². The van der Waals surface area contributed by atoms with Gasteiger partial charge in [0.05, 0.1) is 17.8 Å². The van der Waals surface area contributed by atoms with Gasteiger partial charge < -0.3 is 10.2 Å². The maximum atomic E-state index is 14.2. The van der Waals surface area contributed by atoms with Crippen LogP contribution in [-0.2, 0) is 20.9 Å². The summed E-state index contributed by atoms with van der Waals surface area (Å²) in [7, 11) is 0. The molecule has 6 nitrogen and oxygen atoms in total. The molecule has 0 aromatic carbocycles. The van der Waals surface area contributed by atoms with Gasteiger partial charge in [-0.1, -0.05) is 19.9 Å². The van der Waals surface area contributed by atoms with Gasteiger partial charge in [-0.25, -0.2) is 0 Å². The zero-order valence-electron chi connectivity index (χ0n) is 15.7. The van der Waals surface area contributed by atoms with E-state index >= 15 is 0 Å². The smallest absolute Gasteiger partial charge is 0.331 e. The van der Waals surface area contributed by atoms with Gasteiger partial charge >= 0.3 is 6.18 Å². The maximum Gasteiger partial charge on any atom is 0.425 e. The third-order valence-electron chi connectivity index (χ3n) is 4.95. The number of alkyl halides is 3. The van der Waals surface area contributed by atoms with E-state index in [0.717, 1.165) is 11.8 Å². The Morgan fingerprint density at radius 1 is 1.25 bits per heavy atom. The summed E-state index contributed by atoms with van der Waals surface area (Å²) in [4.78, 5) is 42.5. The van der Waals surface area contributed by atoms with Gasteiger partial charge in [0.15, 0.2) is 5.78 Å². The lowest BCUT2D eigenvalue weighted by Crippen LogP contribution is -2.65. The predicted octanol–water partition coefficient (Wildman–Crippen LogP) is 2.50. The number of pyridine rings is 1. The highest BCUT2D eigenvalue weighted by Crippen LogP contribution is 2.51. The number of carbonyl (C=O) groups is 3. The minimum Gasteiger partial charge on any atom is -0.331 e. The average Bonchev–Trinajstić information content (AvgIpc) is 2.77. The minimum absolute atomic E-state index is 0.00276. The van der Waals surface area contributed by atoms with Crippen LogP contribution in [0.1, 0.15) is 39.3 Å². The van der Waals surface area contributed by atoms with E-state index in [9.17, 15) is 27.6 Å². The molecule has 2 aliphatic rings. The number of aromatic nitrogens is 1. The first-order chi connectivity index (χ1) is 12.9. The fourth-order valence-electron chi connectivity index (χ4n) is 3.91. The number of nitrogens with zero attached hydrogens (tertiary/aromatic N) is 2. The topological polar surface area (TPSA) is 79.4 Å². The highest BCUT2D eigenvalue weighted by molar-refractivity contribution is 6.13. The summed E-state index contributed by atoms with van der Waals surface area (Å²) in [5, 5.41) is 1.76. The van der Waals surface area contributed by atoms with Gasteiger partial charge in [-0.3, -0.25) is 19.4 Å². The second kappa shape index (κ2) is 6.42. The lowest BCUT2D eigenvalue weighted by Gasteiger charge is -2.35. The van der Waals surface area contributed by atoms with Crippen molar-refractivity contribution in [2.45, 2.75) is 51.9 Å². The lowest BCUT2D eigenvalue weighted by molar-refractivity contribution is -0.194. The third-order valence-corrected chi connectivity index (χ3v) is 4.95. The van der Waals surface area contributed by atoms with Gasteiger partial charge in [0.1, 0.15) is 0 Å². The van der Waals surface area contributed by atoms with E-state index in [2.05, 4.69) is 4.98 Å². The normalized spacial score (nSPS) is 24.4. The molecule has 2 heterocycles. The van der Waals surface area contributed by atoms with Crippen LogP contribution in [0.5, 0.6) is 0 Å². The van der Waals surface area contributed by atoms with Crippen molar-refractivity contribution in [3.05, 3.63) is 41.4 Å². The van der Waals surface area contributed by atoms with Crippen molar-refractivity contribution in [3.8, 4) is 0 Å². The molecule has 150 valence electrons. The number of Topliss-reactive ketones (excluding diaryl/α,β-unsaturated/α-hetero) is 1. The Bertz CT molecular complexity index is 877. The van der Waals surface area contributed by atoms with Gasteiger partial charge in [0, 0.05) is 25.2 Å². The van der Waals surface area contributed by atoms with Crippen molar-refractivity contribution in [3.63, 3.8) is 0 Å². The second-order valence-corrected chi connectivity index (χ2v) is 7.90. The van der Waals surface area contributed by atoms with Crippen LogP contribution < -0.4 is 5.32 Å². The Labute approximate surface area is 159 Å². The molecule has 0 spiro atoms. The van der Waals surface area contributed by atoms with Gasteiger partial charge in [-0.15, -0.1) is 0 Å². The van der Waals surface area contributed by atoms with E-state index in [1.54, 1.807) is 37.4 Å². The minimum atomic E-state index is -5.17. The lowest BCUT2D eigenvalue weighted by atomic mass is 9.72. The molecule has 28 heavy (non-hydrogen) atoms. The number of carbonyl (C=O) groups excluding carboxylic acids is 3. The van der Waals surface area contributed by atoms with Crippen LogP contribution in [0, 0.1) is 5.41 Å². The molecule has 1 aliphatic carbocycles. The van der Waals surface area contributed by atoms with Crippen LogP contribution in [0.15, 0.2) is 35.7 Å². The molecule has 1 atom stereocenters. The van der Waals surface area contributed by atoms with E-state index in [1.165, 1.54) is 6.20 Å². The number of amides is 2. The summed E-state index contributed by atoms with van der Waals surface area (Å²) in [5.74, 6) is -3.21. The highest BCUT2D eigenvalue weighted by Gasteiger charge is 2.71. The highest BCUT2D eigenvalue weighted by atomic mass is 19.4. The van der Waals surface area contributed by atoms with Crippen LogP contribution in [-0.4, -0.2) is 39.2 Å². The zero-order chi connectivity index (χ0) is 20.9. The first kappa shape index (κ1) is 20.0. The van der Waals surface area contributed by atoms with E-state index < -0.39 is 40.3 Å². The van der Waals surface area contributed by atoms with Gasteiger partial charge in [-0.2, -0.15) is 13.2 Å². The SMILES string of the molecule is CC(=O)N[C@@]1(C(F)(F)F)C(=O)N(Cc2ccccn2)C2=C1C(=O)CC(C)(C)C2. The summed E-state index contributed by atoms with van der Waals surface area (Å²) in [6.45, 7) is 4.17. The van der Waals surface area contributed by atoms with Gasteiger partial charge in [0.2, 0.25) is 11.4 Å². The fraction of sp³-hybridized carbons (Fsp3) is 0.474. The molecular weight excluding hydrogens is 375 g/mol. The van der Waals surface area contributed by atoms with Crippen molar-refractivity contribution in [1.82, 2.24) is 15.2 Å².